The van der Waals surface area contributed by atoms with Crippen molar-refractivity contribution in [1.82, 2.24) is 4.98 Å². The third-order valence-corrected chi connectivity index (χ3v) is 4.37. The van der Waals surface area contributed by atoms with Crippen LogP contribution in [0.1, 0.15) is 18.9 Å². The summed E-state index contributed by atoms with van der Waals surface area (Å²) in [4.78, 5) is 4.57. The number of benzene rings is 2. The summed E-state index contributed by atoms with van der Waals surface area (Å²) in [6.07, 6.45) is 1.84. The van der Waals surface area contributed by atoms with Crippen LogP contribution in [0.4, 0.5) is 0 Å². The Morgan fingerprint density at radius 3 is 2.72 bits per heavy atom. The molecular weight excluding hydrogens is 380 g/mol. The Morgan fingerprint density at radius 1 is 1.08 bits per heavy atom. The van der Waals surface area contributed by atoms with E-state index < -0.39 is 0 Å². The predicted molar refractivity (Wildman–Crippen MR) is 105 cm³/mol. The maximum atomic E-state index is 5.89. The van der Waals surface area contributed by atoms with Crippen molar-refractivity contribution < 1.29 is 9.47 Å². The Hall–Kier alpha value is -2.11. The van der Waals surface area contributed by atoms with Crippen molar-refractivity contribution in [3.63, 3.8) is 0 Å². The summed E-state index contributed by atoms with van der Waals surface area (Å²) in [6, 6.07) is 15.8. The van der Waals surface area contributed by atoms with Gasteiger partial charge >= 0.3 is 0 Å². The van der Waals surface area contributed by atoms with Crippen molar-refractivity contribution in [1.29, 1.82) is 0 Å². The van der Waals surface area contributed by atoms with Gasteiger partial charge in [0.15, 0.2) is 0 Å². The molecule has 0 bridgehead atoms. The second-order valence-electron chi connectivity index (χ2n) is 5.76. The number of hydrogen-bond donors (Lipinski definition) is 1. The summed E-state index contributed by atoms with van der Waals surface area (Å²) >= 11 is 3.52. The van der Waals surface area contributed by atoms with Gasteiger partial charge in [0.25, 0.3) is 0 Å². The molecule has 4 nitrogen and oxygen atoms in total. The van der Waals surface area contributed by atoms with E-state index in [1.807, 2.05) is 36.4 Å². The van der Waals surface area contributed by atoms with Crippen LogP contribution in [0.25, 0.3) is 10.9 Å². The zero-order valence-corrected chi connectivity index (χ0v) is 15.8. The highest BCUT2D eigenvalue weighted by Crippen LogP contribution is 2.31. The van der Waals surface area contributed by atoms with Crippen LogP contribution >= 0.6 is 15.9 Å². The first-order valence-electron chi connectivity index (χ1n) is 8.39. The zero-order chi connectivity index (χ0) is 17.6. The molecule has 0 unspecified atom stereocenters. The largest absolute Gasteiger partial charge is 0.492 e. The highest BCUT2D eigenvalue weighted by atomic mass is 79.9. The second kappa shape index (κ2) is 8.32. The monoisotopic (exact) mass is 400 g/mol. The van der Waals surface area contributed by atoms with E-state index in [4.69, 9.17) is 15.2 Å². The van der Waals surface area contributed by atoms with Crippen molar-refractivity contribution >= 4 is 26.8 Å². The number of pyridine rings is 1. The quantitative estimate of drug-likeness (QED) is 0.600. The van der Waals surface area contributed by atoms with E-state index in [0.717, 1.165) is 34.0 Å². The van der Waals surface area contributed by atoms with Crippen LogP contribution in [0.2, 0.25) is 0 Å². The molecule has 0 saturated heterocycles. The molecule has 0 aliphatic rings. The summed E-state index contributed by atoms with van der Waals surface area (Å²) in [5.74, 6) is 2.09. The fourth-order valence-corrected chi connectivity index (χ4v) is 3.00. The van der Waals surface area contributed by atoms with Gasteiger partial charge < -0.3 is 15.2 Å². The van der Waals surface area contributed by atoms with Crippen LogP contribution in [0, 0.1) is 0 Å². The Morgan fingerprint density at radius 2 is 1.96 bits per heavy atom. The predicted octanol–water partition coefficient (Wildman–Crippen LogP) is 5.08. The Balaban J connectivity index is 1.78. The molecule has 1 aromatic heterocycles. The van der Waals surface area contributed by atoms with E-state index in [2.05, 4.69) is 40.0 Å². The molecule has 0 aliphatic heterocycles. The Labute approximate surface area is 156 Å². The lowest BCUT2D eigenvalue weighted by atomic mass is 10.1. The molecule has 2 N–H and O–H groups in total. The fraction of sp³-hybridized carbons (Fsp3) is 0.250. The number of aromatic nitrogens is 1. The van der Waals surface area contributed by atoms with Crippen LogP contribution < -0.4 is 15.2 Å². The van der Waals surface area contributed by atoms with E-state index in [9.17, 15) is 0 Å². The number of rotatable bonds is 7. The molecule has 1 heterocycles. The molecule has 2 aromatic carbocycles. The van der Waals surface area contributed by atoms with Gasteiger partial charge in [0, 0.05) is 11.5 Å². The average molecular weight is 401 g/mol. The van der Waals surface area contributed by atoms with Crippen LogP contribution in [0.15, 0.2) is 53.0 Å². The zero-order valence-electron chi connectivity index (χ0n) is 14.2. The van der Waals surface area contributed by atoms with Gasteiger partial charge in [0.05, 0.1) is 16.6 Å². The summed E-state index contributed by atoms with van der Waals surface area (Å²) in [6.45, 7) is 3.42. The van der Waals surface area contributed by atoms with E-state index in [0.29, 0.717) is 24.8 Å². The third-order valence-electron chi connectivity index (χ3n) is 3.75. The second-order valence-corrected chi connectivity index (χ2v) is 6.61. The van der Waals surface area contributed by atoms with Gasteiger partial charge in [-0.15, -0.1) is 0 Å². The number of hydrogen-bond acceptors (Lipinski definition) is 4. The number of nitrogens with two attached hydrogens (primary N) is 1. The SMILES string of the molecule is CCCOc1ccc(Oc2ccc3cc(CCN)ccc3n2)cc1Br. The van der Waals surface area contributed by atoms with Gasteiger partial charge in [-0.25, -0.2) is 4.98 Å². The van der Waals surface area contributed by atoms with Gasteiger partial charge in [0.2, 0.25) is 5.88 Å². The molecule has 0 fully saturated rings. The van der Waals surface area contributed by atoms with E-state index in [1.165, 1.54) is 5.56 Å². The lowest BCUT2D eigenvalue weighted by molar-refractivity contribution is 0.315. The summed E-state index contributed by atoms with van der Waals surface area (Å²) in [5.41, 5.74) is 7.74. The first-order chi connectivity index (χ1) is 12.2. The number of fused-ring (bicyclic) bond motifs is 1. The van der Waals surface area contributed by atoms with E-state index in [1.54, 1.807) is 0 Å². The molecule has 3 aromatic rings. The highest BCUT2D eigenvalue weighted by Gasteiger charge is 2.06. The average Bonchev–Trinajstić information content (AvgIpc) is 2.61. The molecule has 25 heavy (non-hydrogen) atoms. The molecule has 0 amide bonds. The van der Waals surface area contributed by atoms with Crippen molar-refractivity contribution in [2.45, 2.75) is 19.8 Å². The molecule has 5 heteroatoms. The molecule has 130 valence electrons. The van der Waals surface area contributed by atoms with E-state index in [-0.39, 0.29) is 0 Å². The minimum Gasteiger partial charge on any atom is -0.492 e. The highest BCUT2D eigenvalue weighted by molar-refractivity contribution is 9.10. The van der Waals surface area contributed by atoms with Gasteiger partial charge in [0.1, 0.15) is 11.5 Å². The minimum atomic E-state index is 0.563. The number of nitrogens with zero attached hydrogens (tertiary/aromatic N) is 1. The van der Waals surface area contributed by atoms with Gasteiger partial charge in [-0.1, -0.05) is 13.0 Å². The van der Waals surface area contributed by atoms with Crippen molar-refractivity contribution in [3.8, 4) is 17.4 Å². The molecule has 0 aliphatic carbocycles. The first-order valence-corrected chi connectivity index (χ1v) is 9.19. The van der Waals surface area contributed by atoms with E-state index >= 15 is 0 Å². The maximum Gasteiger partial charge on any atom is 0.219 e. The maximum absolute atomic E-state index is 5.89. The molecule has 0 radical (unpaired) electrons. The smallest absolute Gasteiger partial charge is 0.219 e. The van der Waals surface area contributed by atoms with Gasteiger partial charge in [-0.05, 0) is 77.3 Å². The van der Waals surface area contributed by atoms with Crippen molar-refractivity contribution in [3.05, 3.63) is 58.6 Å². The van der Waals surface area contributed by atoms with Crippen molar-refractivity contribution in [2.24, 2.45) is 5.73 Å². The fourth-order valence-electron chi connectivity index (χ4n) is 2.53. The van der Waals surface area contributed by atoms with Crippen LogP contribution in [0.5, 0.6) is 17.4 Å². The first kappa shape index (κ1) is 17.7. The van der Waals surface area contributed by atoms with Gasteiger partial charge in [-0.2, -0.15) is 0 Å². The number of halogens is 1. The minimum absolute atomic E-state index is 0.563. The molecule has 0 atom stereocenters. The standard InChI is InChI=1S/C20H21BrN2O2/c1-2-11-24-19-7-5-16(13-17(19)21)25-20-8-4-15-12-14(9-10-22)3-6-18(15)23-20/h3-8,12-13H,2,9-11,22H2,1H3. The molecule has 0 spiro atoms. The van der Waals surface area contributed by atoms with Crippen LogP contribution in [-0.2, 0) is 6.42 Å². The molecule has 0 saturated carbocycles. The third kappa shape index (κ3) is 4.50. The molecular formula is C20H21BrN2O2. The summed E-state index contributed by atoms with van der Waals surface area (Å²) in [7, 11) is 0. The summed E-state index contributed by atoms with van der Waals surface area (Å²) < 4.78 is 12.4. The van der Waals surface area contributed by atoms with Crippen LogP contribution in [0.3, 0.4) is 0 Å². The topological polar surface area (TPSA) is 57.4 Å². The Bertz CT molecular complexity index is 867. The molecule has 3 rings (SSSR count). The van der Waals surface area contributed by atoms with Crippen molar-refractivity contribution in [2.75, 3.05) is 13.2 Å². The summed E-state index contributed by atoms with van der Waals surface area (Å²) in [5, 5.41) is 1.09. The lowest BCUT2D eigenvalue weighted by Crippen LogP contribution is -2.02. The van der Waals surface area contributed by atoms with Crippen LogP contribution in [-0.4, -0.2) is 18.1 Å². The normalized spacial score (nSPS) is 10.8. The number of ether oxygens (including phenoxy) is 2. The Kier molecular flexibility index (Phi) is 5.89. The van der Waals surface area contributed by atoms with Gasteiger partial charge in [-0.3, -0.25) is 0 Å². The lowest BCUT2D eigenvalue weighted by Gasteiger charge is -2.10.